The molecule has 2 aromatic heterocycles. The van der Waals surface area contributed by atoms with E-state index in [-0.39, 0.29) is 17.9 Å². The fourth-order valence-corrected chi connectivity index (χ4v) is 3.06. The Kier molecular flexibility index (Phi) is 5.00. The summed E-state index contributed by atoms with van der Waals surface area (Å²) in [6.45, 7) is 1.86. The van der Waals surface area contributed by atoms with Crippen LogP contribution in [-0.4, -0.2) is 11.1 Å². The number of benzene rings is 1. The summed E-state index contributed by atoms with van der Waals surface area (Å²) in [5, 5.41) is 12.5. The number of phenolic OH excluding ortho intramolecular Hbond substituents is 1. The maximum atomic E-state index is 11.9. The van der Waals surface area contributed by atoms with E-state index < -0.39 is 11.6 Å². The number of hydrogen-bond acceptors (Lipinski definition) is 6. The van der Waals surface area contributed by atoms with Crippen molar-refractivity contribution in [2.75, 3.05) is 0 Å². The molecule has 0 spiro atoms. The maximum absolute atomic E-state index is 11.9. The van der Waals surface area contributed by atoms with Crippen molar-refractivity contribution in [3.05, 3.63) is 68.2 Å². The molecule has 0 saturated heterocycles. The summed E-state index contributed by atoms with van der Waals surface area (Å²) in [6.07, 6.45) is 3.66. The van der Waals surface area contributed by atoms with Crippen molar-refractivity contribution in [2.45, 2.75) is 20.0 Å². The van der Waals surface area contributed by atoms with Crippen molar-refractivity contribution in [1.29, 1.82) is 0 Å². The number of phenols is 1. The van der Waals surface area contributed by atoms with Gasteiger partial charge in [-0.1, -0.05) is 13.0 Å². The van der Waals surface area contributed by atoms with Gasteiger partial charge in [-0.05, 0) is 35.6 Å². The predicted octanol–water partition coefficient (Wildman–Crippen LogP) is 3.88. The van der Waals surface area contributed by atoms with Crippen LogP contribution in [0.3, 0.4) is 0 Å². The molecular weight excluding hydrogens is 340 g/mol. The standard InChI is InChI=1S/C19H16O5S/c1-2-12-8-15-13(9-19(22)24-17(15)10-16(12)20)11-23-18(21)6-5-14-4-3-7-25-14/h3-10,20H,2,11H2,1H3/b6-5+. The molecule has 0 saturated carbocycles. The topological polar surface area (TPSA) is 76.7 Å². The van der Waals surface area contributed by atoms with Gasteiger partial charge in [0, 0.05) is 34.0 Å². The number of hydrogen-bond donors (Lipinski definition) is 1. The van der Waals surface area contributed by atoms with Crippen molar-refractivity contribution in [1.82, 2.24) is 0 Å². The molecule has 1 aromatic carbocycles. The van der Waals surface area contributed by atoms with Crippen LogP contribution in [0.1, 0.15) is 22.9 Å². The van der Waals surface area contributed by atoms with Gasteiger partial charge in [-0.2, -0.15) is 0 Å². The summed E-state index contributed by atoms with van der Waals surface area (Å²) < 4.78 is 10.3. The molecule has 2 heterocycles. The highest BCUT2D eigenvalue weighted by Crippen LogP contribution is 2.27. The lowest BCUT2D eigenvalue weighted by atomic mass is 10.0. The van der Waals surface area contributed by atoms with Crippen molar-refractivity contribution in [3.8, 4) is 5.75 Å². The molecule has 5 nitrogen and oxygen atoms in total. The number of carbonyl (C=O) groups is 1. The number of aryl methyl sites for hydroxylation is 1. The Balaban J connectivity index is 1.83. The Morgan fingerprint density at radius 1 is 1.32 bits per heavy atom. The zero-order valence-corrected chi connectivity index (χ0v) is 14.3. The van der Waals surface area contributed by atoms with Gasteiger partial charge in [0.15, 0.2) is 0 Å². The highest BCUT2D eigenvalue weighted by molar-refractivity contribution is 7.10. The quantitative estimate of drug-likeness (QED) is 0.426. The van der Waals surface area contributed by atoms with Crippen LogP contribution in [-0.2, 0) is 22.6 Å². The molecule has 128 valence electrons. The third-order valence-corrected chi connectivity index (χ3v) is 4.54. The van der Waals surface area contributed by atoms with Crippen molar-refractivity contribution >= 4 is 34.4 Å². The van der Waals surface area contributed by atoms with Gasteiger partial charge in [0.2, 0.25) is 0 Å². The van der Waals surface area contributed by atoms with Crippen molar-refractivity contribution in [2.24, 2.45) is 0 Å². The molecule has 3 aromatic rings. The van der Waals surface area contributed by atoms with E-state index in [1.54, 1.807) is 12.1 Å². The molecule has 0 bridgehead atoms. The van der Waals surface area contributed by atoms with Crippen molar-refractivity contribution < 1.29 is 19.1 Å². The normalized spacial score (nSPS) is 11.2. The summed E-state index contributed by atoms with van der Waals surface area (Å²) in [4.78, 5) is 24.5. The average molecular weight is 356 g/mol. The Bertz CT molecular complexity index is 983. The molecule has 0 aliphatic rings. The second-order valence-electron chi connectivity index (χ2n) is 5.38. The third-order valence-electron chi connectivity index (χ3n) is 3.71. The molecule has 3 rings (SSSR count). The van der Waals surface area contributed by atoms with Gasteiger partial charge in [-0.25, -0.2) is 9.59 Å². The van der Waals surface area contributed by atoms with Gasteiger partial charge in [0.05, 0.1) is 0 Å². The number of ether oxygens (including phenoxy) is 1. The Hall–Kier alpha value is -2.86. The van der Waals surface area contributed by atoms with E-state index >= 15 is 0 Å². The highest BCUT2D eigenvalue weighted by atomic mass is 32.1. The van der Waals surface area contributed by atoms with Crippen molar-refractivity contribution in [3.63, 3.8) is 0 Å². The summed E-state index contributed by atoms with van der Waals surface area (Å²) in [7, 11) is 0. The number of thiophene rings is 1. The van der Waals surface area contributed by atoms with Gasteiger partial charge in [0.25, 0.3) is 0 Å². The molecule has 0 unspecified atom stereocenters. The van der Waals surface area contributed by atoms with Crippen LogP contribution in [0.4, 0.5) is 0 Å². The first-order valence-corrected chi connectivity index (χ1v) is 8.61. The van der Waals surface area contributed by atoms with E-state index in [9.17, 15) is 14.7 Å². The molecule has 0 aliphatic heterocycles. The van der Waals surface area contributed by atoms with Gasteiger partial charge in [-0.15, -0.1) is 11.3 Å². The largest absolute Gasteiger partial charge is 0.508 e. The predicted molar refractivity (Wildman–Crippen MR) is 96.7 cm³/mol. The number of rotatable bonds is 5. The highest BCUT2D eigenvalue weighted by Gasteiger charge is 2.11. The average Bonchev–Trinajstić information content (AvgIpc) is 3.10. The molecule has 1 N–H and O–H groups in total. The lowest BCUT2D eigenvalue weighted by Crippen LogP contribution is -2.06. The molecule has 0 atom stereocenters. The SMILES string of the molecule is CCc1cc2c(COC(=O)/C=C/c3cccs3)cc(=O)oc2cc1O. The monoisotopic (exact) mass is 356 g/mol. The summed E-state index contributed by atoms with van der Waals surface area (Å²) in [5.41, 5.74) is 0.976. The number of aromatic hydroxyl groups is 1. The fourth-order valence-electron chi connectivity index (χ4n) is 2.44. The minimum atomic E-state index is -0.559. The van der Waals surface area contributed by atoms with Gasteiger partial charge >= 0.3 is 11.6 Å². The molecule has 0 aliphatic carbocycles. The zero-order valence-electron chi connectivity index (χ0n) is 13.5. The summed E-state index contributed by atoms with van der Waals surface area (Å²) in [6, 6.07) is 8.25. The number of esters is 1. The van der Waals surface area contributed by atoms with Gasteiger partial charge in [0.1, 0.15) is 17.9 Å². The molecule has 0 fully saturated rings. The molecule has 0 amide bonds. The fraction of sp³-hybridized carbons (Fsp3) is 0.158. The maximum Gasteiger partial charge on any atom is 0.336 e. The van der Waals surface area contributed by atoms with Crippen LogP contribution in [0, 0.1) is 0 Å². The molecular formula is C19H16O5S. The number of fused-ring (bicyclic) bond motifs is 1. The smallest absolute Gasteiger partial charge is 0.336 e. The van der Waals surface area contributed by atoms with E-state index in [4.69, 9.17) is 9.15 Å². The van der Waals surface area contributed by atoms with Crippen LogP contribution in [0.15, 0.2) is 51.0 Å². The van der Waals surface area contributed by atoms with E-state index in [1.807, 2.05) is 24.4 Å². The summed E-state index contributed by atoms with van der Waals surface area (Å²) >= 11 is 1.52. The first-order valence-electron chi connectivity index (χ1n) is 7.74. The second kappa shape index (κ2) is 7.36. The van der Waals surface area contributed by atoms with E-state index in [0.29, 0.717) is 17.4 Å². The van der Waals surface area contributed by atoms with E-state index in [0.717, 1.165) is 10.4 Å². The van der Waals surface area contributed by atoms with E-state index in [2.05, 4.69) is 0 Å². The summed E-state index contributed by atoms with van der Waals surface area (Å²) in [5.74, 6) is -0.421. The first-order chi connectivity index (χ1) is 12.1. The van der Waals surface area contributed by atoms with Crippen LogP contribution in [0.2, 0.25) is 0 Å². The lowest BCUT2D eigenvalue weighted by Gasteiger charge is -2.08. The zero-order chi connectivity index (χ0) is 17.8. The van der Waals surface area contributed by atoms with Crippen LogP contribution >= 0.6 is 11.3 Å². The Labute approximate surface area is 147 Å². The number of carbonyl (C=O) groups excluding carboxylic acids is 1. The third kappa shape index (κ3) is 3.97. The minimum absolute atomic E-state index is 0.0519. The Morgan fingerprint density at radius 2 is 2.16 bits per heavy atom. The van der Waals surface area contributed by atoms with Crippen LogP contribution in [0.5, 0.6) is 5.75 Å². The lowest BCUT2D eigenvalue weighted by molar-refractivity contribution is -0.138. The van der Waals surface area contributed by atoms with Gasteiger partial charge < -0.3 is 14.3 Å². The van der Waals surface area contributed by atoms with Gasteiger partial charge in [-0.3, -0.25) is 0 Å². The second-order valence-corrected chi connectivity index (χ2v) is 6.36. The Morgan fingerprint density at radius 3 is 2.88 bits per heavy atom. The van der Waals surface area contributed by atoms with Crippen LogP contribution < -0.4 is 5.63 Å². The van der Waals surface area contributed by atoms with Crippen LogP contribution in [0.25, 0.3) is 17.0 Å². The first kappa shape index (κ1) is 17.0. The molecule has 0 radical (unpaired) electrons. The molecule has 6 heteroatoms. The van der Waals surface area contributed by atoms with E-state index in [1.165, 1.54) is 29.5 Å². The molecule has 25 heavy (non-hydrogen) atoms. The minimum Gasteiger partial charge on any atom is -0.508 e.